The van der Waals surface area contributed by atoms with Gasteiger partial charge in [-0.2, -0.15) is 0 Å². The van der Waals surface area contributed by atoms with Crippen molar-refractivity contribution >= 4 is 35.7 Å². The Balaban J connectivity index is 1.23. The number of carbonyl (C=O) groups is 3. The van der Waals surface area contributed by atoms with Crippen molar-refractivity contribution < 1.29 is 24.2 Å². The van der Waals surface area contributed by atoms with Crippen LogP contribution >= 0.6 is 11.6 Å². The number of aldehydes is 1. The third-order valence-electron chi connectivity index (χ3n) is 11.1. The average Bonchev–Trinajstić information content (AvgIpc) is 3.23. The van der Waals surface area contributed by atoms with Crippen molar-refractivity contribution in [3.63, 3.8) is 0 Å². The maximum Gasteiger partial charge on any atom is 0.411 e. The Morgan fingerprint density at radius 3 is 2.47 bits per heavy atom. The number of fused-ring (bicyclic) bond motifs is 1. The van der Waals surface area contributed by atoms with Gasteiger partial charge >= 0.3 is 12.1 Å². The van der Waals surface area contributed by atoms with E-state index in [1.807, 2.05) is 29.2 Å². The van der Waals surface area contributed by atoms with Crippen molar-refractivity contribution in [3.8, 4) is 5.75 Å². The first kappa shape index (κ1) is 33.6. The molecule has 0 aliphatic carbocycles. The van der Waals surface area contributed by atoms with E-state index in [2.05, 4.69) is 29.0 Å². The van der Waals surface area contributed by atoms with Gasteiger partial charge in [-0.25, -0.2) is 9.59 Å². The van der Waals surface area contributed by atoms with E-state index in [0.717, 1.165) is 63.0 Å². The lowest BCUT2D eigenvalue weighted by Crippen LogP contribution is -2.70. The highest BCUT2D eigenvalue weighted by Crippen LogP contribution is 2.41. The molecule has 4 heterocycles. The molecule has 10 nitrogen and oxygen atoms in total. The fourth-order valence-electron chi connectivity index (χ4n) is 8.10. The number of carbonyl (C=O) groups excluding carboxylic acids is 3. The molecule has 47 heavy (non-hydrogen) atoms. The number of phenols is 1. The first-order valence-corrected chi connectivity index (χ1v) is 17.5. The number of likely N-dealkylation sites (tertiary alicyclic amines) is 3. The summed E-state index contributed by atoms with van der Waals surface area (Å²) in [6.45, 7) is 9.30. The highest BCUT2D eigenvalue weighted by atomic mass is 35.5. The van der Waals surface area contributed by atoms with Gasteiger partial charge in [0.05, 0.1) is 5.02 Å². The zero-order valence-corrected chi connectivity index (χ0v) is 28.4. The van der Waals surface area contributed by atoms with Crippen molar-refractivity contribution in [2.75, 3.05) is 44.6 Å². The Morgan fingerprint density at radius 1 is 1.02 bits per heavy atom. The third-order valence-corrected chi connectivity index (χ3v) is 11.4. The van der Waals surface area contributed by atoms with Crippen LogP contribution in [-0.4, -0.2) is 100 Å². The molecule has 0 spiro atoms. The number of nitrogens with zero attached hydrogens (tertiary/aromatic N) is 4. The number of ether oxygens (including phenoxy) is 1. The summed E-state index contributed by atoms with van der Waals surface area (Å²) >= 11 is 6.10. The summed E-state index contributed by atoms with van der Waals surface area (Å²) in [4.78, 5) is 48.7. The molecule has 3 fully saturated rings. The third kappa shape index (κ3) is 7.25. The summed E-state index contributed by atoms with van der Waals surface area (Å²) in [5.74, 6) is -0.0360. The quantitative estimate of drug-likeness (QED) is 0.344. The van der Waals surface area contributed by atoms with E-state index in [1.54, 1.807) is 17.0 Å². The zero-order valence-electron chi connectivity index (χ0n) is 27.6. The van der Waals surface area contributed by atoms with Crippen LogP contribution in [0.5, 0.6) is 5.75 Å². The molecule has 3 amide bonds. The van der Waals surface area contributed by atoms with Crippen molar-refractivity contribution in [1.29, 1.82) is 0 Å². The average molecular weight is 666 g/mol. The molecular formula is C36H48ClN5O5. The van der Waals surface area contributed by atoms with Crippen LogP contribution in [0.2, 0.25) is 5.02 Å². The van der Waals surface area contributed by atoms with E-state index in [4.69, 9.17) is 16.3 Å². The van der Waals surface area contributed by atoms with Gasteiger partial charge in [-0.1, -0.05) is 49.7 Å². The molecule has 6 rings (SSSR count). The van der Waals surface area contributed by atoms with Crippen LogP contribution in [0.3, 0.4) is 0 Å². The normalized spacial score (nSPS) is 25.9. The number of para-hydroxylation sites is 1. The van der Waals surface area contributed by atoms with Crippen LogP contribution in [0.15, 0.2) is 42.5 Å². The molecule has 0 aromatic heterocycles. The van der Waals surface area contributed by atoms with Crippen molar-refractivity contribution in [2.24, 2.45) is 5.41 Å². The fourth-order valence-corrected chi connectivity index (χ4v) is 8.31. The highest BCUT2D eigenvalue weighted by Gasteiger charge is 2.52. The summed E-state index contributed by atoms with van der Waals surface area (Å²) in [7, 11) is 0. The molecule has 2 atom stereocenters. The SMILES string of the molecule is CC1(C)CCN(C2CCN([C@]3(CC=O)C[C@H](N4CCc5ccccc5NC4=O)CCN3C(=O)OCc3ccc(O)c(Cl)c3)CC2)CC1. The van der Waals surface area contributed by atoms with E-state index in [9.17, 15) is 19.5 Å². The van der Waals surface area contributed by atoms with Crippen molar-refractivity contribution in [1.82, 2.24) is 19.6 Å². The topological polar surface area (TPSA) is 106 Å². The maximum absolute atomic E-state index is 14.0. The molecule has 2 N–H and O–H groups in total. The molecule has 2 aromatic rings. The number of piperidine rings is 3. The monoisotopic (exact) mass is 665 g/mol. The molecule has 4 aliphatic rings. The van der Waals surface area contributed by atoms with E-state index < -0.39 is 11.8 Å². The van der Waals surface area contributed by atoms with Gasteiger partial charge in [0.15, 0.2) is 0 Å². The van der Waals surface area contributed by atoms with E-state index >= 15 is 0 Å². The molecule has 0 saturated carbocycles. The second-order valence-electron chi connectivity index (χ2n) is 14.4. The lowest BCUT2D eigenvalue weighted by molar-refractivity contribution is -0.128. The van der Waals surface area contributed by atoms with Crippen LogP contribution in [-0.2, 0) is 22.6 Å². The second-order valence-corrected chi connectivity index (χ2v) is 14.8. The van der Waals surface area contributed by atoms with Crippen LogP contribution < -0.4 is 5.32 Å². The standard InChI is InChI=1S/C36H48ClN5O5/c1-35(2)13-20-39(21-14-35)28-10-16-40(17-11-28)36(15-22-43)24-29(41-18-9-27-5-3-4-6-31(27)38-33(41)45)12-19-42(36)34(46)47-25-26-7-8-32(44)30(37)23-26/h3-8,22-23,28-29,44H,9-21,24-25H2,1-2H3,(H,38,45)/t29-,36+/m1/s1. The maximum atomic E-state index is 14.0. The van der Waals surface area contributed by atoms with Crippen LogP contribution in [0.25, 0.3) is 0 Å². The Morgan fingerprint density at radius 2 is 1.74 bits per heavy atom. The Bertz CT molecular complexity index is 1450. The summed E-state index contributed by atoms with van der Waals surface area (Å²) < 4.78 is 5.86. The molecule has 0 bridgehead atoms. The minimum atomic E-state index is -0.928. The van der Waals surface area contributed by atoms with E-state index in [1.165, 1.54) is 18.9 Å². The van der Waals surface area contributed by atoms with Gasteiger partial charge < -0.3 is 29.8 Å². The number of urea groups is 1. The minimum Gasteiger partial charge on any atom is -0.506 e. The van der Waals surface area contributed by atoms with Crippen LogP contribution in [0, 0.1) is 5.41 Å². The molecule has 3 saturated heterocycles. The van der Waals surface area contributed by atoms with Gasteiger partial charge in [-0.3, -0.25) is 9.80 Å². The van der Waals surface area contributed by atoms with Gasteiger partial charge in [-0.15, -0.1) is 0 Å². The number of hydrogen-bond donors (Lipinski definition) is 2. The van der Waals surface area contributed by atoms with Crippen molar-refractivity contribution in [3.05, 3.63) is 58.6 Å². The number of benzene rings is 2. The molecule has 0 radical (unpaired) electrons. The van der Waals surface area contributed by atoms with Crippen LogP contribution in [0.4, 0.5) is 15.3 Å². The number of phenolic OH excluding ortho intramolecular Hbond substituents is 1. The first-order chi connectivity index (χ1) is 22.6. The smallest absolute Gasteiger partial charge is 0.411 e. The summed E-state index contributed by atoms with van der Waals surface area (Å²) in [6.07, 6.45) is 6.60. The number of halogens is 1. The lowest BCUT2D eigenvalue weighted by atomic mass is 9.81. The number of aromatic hydroxyl groups is 1. The predicted molar refractivity (Wildman–Crippen MR) is 181 cm³/mol. The van der Waals surface area contributed by atoms with Gasteiger partial charge in [0, 0.05) is 56.8 Å². The molecular weight excluding hydrogens is 618 g/mol. The summed E-state index contributed by atoms with van der Waals surface area (Å²) in [6, 6.07) is 12.8. The summed E-state index contributed by atoms with van der Waals surface area (Å²) in [5.41, 5.74) is 2.04. The van der Waals surface area contributed by atoms with Gasteiger partial charge in [0.1, 0.15) is 24.3 Å². The number of anilines is 1. The minimum absolute atomic E-state index is 0.0178. The van der Waals surface area contributed by atoms with Gasteiger partial charge in [0.25, 0.3) is 0 Å². The Labute approximate surface area is 283 Å². The second kappa shape index (κ2) is 14.0. The van der Waals surface area contributed by atoms with Crippen molar-refractivity contribution in [2.45, 2.75) is 89.6 Å². The Hall–Kier alpha value is -3.34. The number of nitrogens with one attached hydrogen (secondary N) is 1. The molecule has 2 aromatic carbocycles. The first-order valence-electron chi connectivity index (χ1n) is 17.1. The van der Waals surface area contributed by atoms with Gasteiger partial charge in [-0.05, 0) is 86.4 Å². The molecule has 0 unspecified atom stereocenters. The lowest BCUT2D eigenvalue weighted by Gasteiger charge is -2.57. The zero-order chi connectivity index (χ0) is 33.2. The fraction of sp³-hybridized carbons (Fsp3) is 0.583. The molecule has 11 heteroatoms. The highest BCUT2D eigenvalue weighted by molar-refractivity contribution is 6.32. The van der Waals surface area contributed by atoms with Crippen LogP contribution in [0.1, 0.15) is 69.9 Å². The Kier molecular flexibility index (Phi) is 10.0. The number of rotatable bonds is 7. The largest absolute Gasteiger partial charge is 0.506 e. The molecule has 4 aliphatic heterocycles. The number of hydrogen-bond acceptors (Lipinski definition) is 7. The van der Waals surface area contributed by atoms with E-state index in [0.29, 0.717) is 43.0 Å². The van der Waals surface area contributed by atoms with Gasteiger partial charge in [0.2, 0.25) is 0 Å². The molecule has 254 valence electrons. The summed E-state index contributed by atoms with van der Waals surface area (Å²) in [5, 5.41) is 13.1. The number of amides is 3. The van der Waals surface area contributed by atoms with E-state index in [-0.39, 0.29) is 35.9 Å². The predicted octanol–water partition coefficient (Wildman–Crippen LogP) is 6.11.